The molecule has 0 aromatic carbocycles. The third-order valence-electron chi connectivity index (χ3n) is 2.29. The van der Waals surface area contributed by atoms with Gasteiger partial charge in [-0.1, -0.05) is 6.92 Å². The highest BCUT2D eigenvalue weighted by Crippen LogP contribution is 2.16. The van der Waals surface area contributed by atoms with Crippen LogP contribution in [-0.4, -0.2) is 31.3 Å². The maximum Gasteiger partial charge on any atom is 0.308 e. The summed E-state index contributed by atoms with van der Waals surface area (Å²) in [4.78, 5) is 12.6. The first kappa shape index (κ1) is 14.2. The van der Waals surface area contributed by atoms with Gasteiger partial charge in [-0.3, -0.25) is 4.79 Å². The summed E-state index contributed by atoms with van der Waals surface area (Å²) in [6.45, 7) is 4.57. The molecule has 0 bridgehead atoms. The Morgan fingerprint density at radius 2 is 2.24 bits per heavy atom. The van der Waals surface area contributed by atoms with E-state index in [0.717, 1.165) is 24.6 Å². The van der Waals surface area contributed by atoms with E-state index >= 15 is 0 Å². The molecule has 96 valence electrons. The fraction of sp³-hybridized carbons (Fsp3) is 0.583. The molecule has 1 unspecified atom stereocenters. The molecule has 5 heteroatoms. The topological polar surface area (TPSA) is 58.6 Å². The molecule has 0 aliphatic heterocycles. The van der Waals surface area contributed by atoms with Crippen molar-refractivity contribution in [3.63, 3.8) is 0 Å². The van der Waals surface area contributed by atoms with Crippen LogP contribution in [0, 0.1) is 5.92 Å². The van der Waals surface area contributed by atoms with E-state index in [1.807, 2.05) is 12.1 Å². The second-order valence-corrected chi connectivity index (χ2v) is 5.38. The number of carboxylic acids is 1. The van der Waals surface area contributed by atoms with Gasteiger partial charge >= 0.3 is 5.97 Å². The number of ether oxygens (including phenoxy) is 1. The van der Waals surface area contributed by atoms with Gasteiger partial charge in [0, 0.05) is 36.6 Å². The number of thiophene rings is 1. The van der Waals surface area contributed by atoms with Crippen LogP contribution in [-0.2, 0) is 22.5 Å². The minimum Gasteiger partial charge on any atom is -0.481 e. The van der Waals surface area contributed by atoms with Crippen molar-refractivity contribution in [1.82, 2.24) is 5.32 Å². The predicted molar refractivity (Wildman–Crippen MR) is 68.4 cm³/mol. The number of carboxylic acid groups (broad SMARTS) is 1. The molecule has 0 aliphatic carbocycles. The molecule has 0 saturated carbocycles. The van der Waals surface area contributed by atoms with Gasteiger partial charge in [-0.05, 0) is 18.1 Å². The third kappa shape index (κ3) is 5.81. The normalized spacial score (nSPS) is 12.6. The van der Waals surface area contributed by atoms with Crippen LogP contribution < -0.4 is 5.32 Å². The van der Waals surface area contributed by atoms with Crippen molar-refractivity contribution in [2.45, 2.75) is 19.9 Å². The Balaban J connectivity index is 2.27. The lowest BCUT2D eigenvalue weighted by atomic mass is 10.2. The van der Waals surface area contributed by atoms with Crippen molar-refractivity contribution in [3.05, 3.63) is 21.9 Å². The quantitative estimate of drug-likeness (QED) is 0.745. The maximum absolute atomic E-state index is 10.5. The zero-order valence-corrected chi connectivity index (χ0v) is 11.0. The lowest BCUT2D eigenvalue weighted by Gasteiger charge is -2.10. The Morgan fingerprint density at radius 3 is 2.88 bits per heavy atom. The van der Waals surface area contributed by atoms with Gasteiger partial charge in [0.1, 0.15) is 0 Å². The molecule has 1 heterocycles. The number of hydrogen-bond donors (Lipinski definition) is 2. The maximum atomic E-state index is 10.5. The number of hydrogen-bond acceptors (Lipinski definition) is 4. The fourth-order valence-corrected chi connectivity index (χ4v) is 2.53. The van der Waals surface area contributed by atoms with Gasteiger partial charge in [-0.15, -0.1) is 11.3 Å². The van der Waals surface area contributed by atoms with E-state index in [0.29, 0.717) is 5.92 Å². The lowest BCUT2D eigenvalue weighted by molar-refractivity contribution is -0.136. The SMILES string of the molecule is COCC(C)CNCc1ccc(CC(=O)O)s1. The summed E-state index contributed by atoms with van der Waals surface area (Å²) in [6, 6.07) is 3.87. The summed E-state index contributed by atoms with van der Waals surface area (Å²) < 4.78 is 5.05. The second kappa shape index (κ2) is 7.42. The molecule has 1 aromatic rings. The van der Waals surface area contributed by atoms with E-state index < -0.39 is 5.97 Å². The molecule has 1 rings (SSSR count). The molecule has 4 nitrogen and oxygen atoms in total. The molecule has 0 radical (unpaired) electrons. The summed E-state index contributed by atoms with van der Waals surface area (Å²) in [5, 5.41) is 12.0. The Morgan fingerprint density at radius 1 is 1.53 bits per heavy atom. The first-order chi connectivity index (χ1) is 8.11. The third-order valence-corrected chi connectivity index (χ3v) is 3.37. The summed E-state index contributed by atoms with van der Waals surface area (Å²) in [7, 11) is 1.70. The largest absolute Gasteiger partial charge is 0.481 e. The Labute approximate surface area is 106 Å². The van der Waals surface area contributed by atoms with Crippen molar-refractivity contribution in [2.75, 3.05) is 20.3 Å². The Kier molecular flexibility index (Phi) is 6.18. The van der Waals surface area contributed by atoms with Crippen molar-refractivity contribution in [1.29, 1.82) is 0 Å². The van der Waals surface area contributed by atoms with E-state index in [1.54, 1.807) is 18.4 Å². The molecule has 0 saturated heterocycles. The highest BCUT2D eigenvalue weighted by Gasteiger charge is 2.05. The molecular weight excluding hydrogens is 238 g/mol. The number of aliphatic carboxylic acids is 1. The van der Waals surface area contributed by atoms with E-state index in [2.05, 4.69) is 12.2 Å². The van der Waals surface area contributed by atoms with Crippen molar-refractivity contribution < 1.29 is 14.6 Å². The number of rotatable bonds is 8. The molecule has 0 aliphatic rings. The van der Waals surface area contributed by atoms with E-state index in [4.69, 9.17) is 9.84 Å². The van der Waals surface area contributed by atoms with Crippen LogP contribution in [0.1, 0.15) is 16.7 Å². The average Bonchev–Trinajstić information content (AvgIpc) is 2.65. The highest BCUT2D eigenvalue weighted by atomic mass is 32.1. The Hall–Kier alpha value is -0.910. The molecule has 1 atom stereocenters. The standard InChI is InChI=1S/C12H19NO3S/c1-9(8-16-2)6-13-7-11-4-3-10(17-11)5-12(14)15/h3-4,9,13H,5-8H2,1-2H3,(H,14,15). The first-order valence-corrected chi connectivity index (χ1v) is 6.42. The average molecular weight is 257 g/mol. The first-order valence-electron chi connectivity index (χ1n) is 5.61. The number of carbonyl (C=O) groups is 1. The molecule has 2 N–H and O–H groups in total. The highest BCUT2D eigenvalue weighted by molar-refractivity contribution is 7.12. The minimum atomic E-state index is -0.778. The molecule has 0 fully saturated rings. The summed E-state index contributed by atoms with van der Waals surface area (Å²) in [5.41, 5.74) is 0. The lowest BCUT2D eigenvalue weighted by Crippen LogP contribution is -2.22. The summed E-state index contributed by atoms with van der Waals surface area (Å²) >= 11 is 1.55. The van der Waals surface area contributed by atoms with Crippen molar-refractivity contribution in [3.8, 4) is 0 Å². The van der Waals surface area contributed by atoms with Crippen LogP contribution in [0.5, 0.6) is 0 Å². The van der Waals surface area contributed by atoms with Crippen molar-refractivity contribution in [2.24, 2.45) is 5.92 Å². The van der Waals surface area contributed by atoms with E-state index in [-0.39, 0.29) is 6.42 Å². The Bertz CT molecular complexity index is 351. The fourth-order valence-electron chi connectivity index (χ4n) is 1.55. The van der Waals surface area contributed by atoms with Gasteiger partial charge in [-0.25, -0.2) is 0 Å². The zero-order valence-electron chi connectivity index (χ0n) is 10.2. The van der Waals surface area contributed by atoms with Crippen LogP contribution in [0.3, 0.4) is 0 Å². The predicted octanol–water partition coefficient (Wildman–Crippen LogP) is 1.75. The zero-order chi connectivity index (χ0) is 12.7. The van der Waals surface area contributed by atoms with Gasteiger partial charge < -0.3 is 15.2 Å². The van der Waals surface area contributed by atoms with Crippen LogP contribution in [0.2, 0.25) is 0 Å². The molecule has 17 heavy (non-hydrogen) atoms. The summed E-state index contributed by atoms with van der Waals surface area (Å²) in [6.07, 6.45) is 0.116. The molecule has 1 aromatic heterocycles. The van der Waals surface area contributed by atoms with Gasteiger partial charge in [-0.2, -0.15) is 0 Å². The monoisotopic (exact) mass is 257 g/mol. The van der Waals surface area contributed by atoms with Crippen molar-refractivity contribution >= 4 is 17.3 Å². The summed E-state index contributed by atoms with van der Waals surface area (Å²) in [5.74, 6) is -0.293. The van der Waals surface area contributed by atoms with Crippen LogP contribution in [0.25, 0.3) is 0 Å². The van der Waals surface area contributed by atoms with Gasteiger partial charge in [0.05, 0.1) is 6.42 Å². The van der Waals surface area contributed by atoms with Gasteiger partial charge in [0.2, 0.25) is 0 Å². The van der Waals surface area contributed by atoms with Crippen LogP contribution in [0.15, 0.2) is 12.1 Å². The number of methoxy groups -OCH3 is 1. The smallest absolute Gasteiger partial charge is 0.308 e. The van der Waals surface area contributed by atoms with Gasteiger partial charge in [0.15, 0.2) is 0 Å². The van der Waals surface area contributed by atoms with E-state index in [1.165, 1.54) is 4.88 Å². The minimum absolute atomic E-state index is 0.116. The van der Waals surface area contributed by atoms with Gasteiger partial charge in [0.25, 0.3) is 0 Å². The molecule has 0 spiro atoms. The van der Waals surface area contributed by atoms with Crippen LogP contribution in [0.4, 0.5) is 0 Å². The second-order valence-electron chi connectivity index (χ2n) is 4.13. The van der Waals surface area contributed by atoms with Crippen LogP contribution >= 0.6 is 11.3 Å². The molecular formula is C12H19NO3S. The molecule has 0 amide bonds. The van der Waals surface area contributed by atoms with E-state index in [9.17, 15) is 4.79 Å². The number of nitrogens with one attached hydrogen (secondary N) is 1.